The van der Waals surface area contributed by atoms with Crippen molar-refractivity contribution in [3.05, 3.63) is 73.3 Å². The molecular weight excluding hydrogens is 460 g/mol. The Morgan fingerprint density at radius 2 is 1.68 bits per heavy atom. The summed E-state index contributed by atoms with van der Waals surface area (Å²) in [6.07, 6.45) is 2.98. The zero-order valence-corrected chi connectivity index (χ0v) is 19.5. The Morgan fingerprint density at radius 1 is 1.03 bits per heavy atom. The molecule has 0 saturated carbocycles. The Hall–Kier alpha value is -3.96. The van der Waals surface area contributed by atoms with Gasteiger partial charge in [-0.25, -0.2) is 8.42 Å². The summed E-state index contributed by atoms with van der Waals surface area (Å²) in [5.41, 5.74) is 0.785. The highest BCUT2D eigenvalue weighted by Gasteiger charge is 2.23. The van der Waals surface area contributed by atoms with Crippen LogP contribution in [0.1, 0.15) is 10.4 Å². The first-order chi connectivity index (χ1) is 16.3. The van der Waals surface area contributed by atoms with Crippen LogP contribution in [0.3, 0.4) is 0 Å². The number of carbonyl (C=O) groups is 1. The maximum atomic E-state index is 12.8. The zero-order chi connectivity index (χ0) is 24.7. The van der Waals surface area contributed by atoms with Crippen molar-refractivity contribution in [3.8, 4) is 23.0 Å². The third-order valence-corrected chi connectivity index (χ3v) is 6.54. The predicted octanol–water partition coefficient (Wildman–Crippen LogP) is 3.37. The number of hydrogen-bond acceptors (Lipinski definition) is 8. The van der Waals surface area contributed by atoms with Gasteiger partial charge in [0.05, 0.1) is 19.1 Å². The summed E-state index contributed by atoms with van der Waals surface area (Å²) < 4.78 is 42.8. The summed E-state index contributed by atoms with van der Waals surface area (Å²) in [6.45, 7) is 7.43. The number of hydrogen-bond donors (Lipinski definition) is 1. The van der Waals surface area contributed by atoms with Crippen molar-refractivity contribution in [2.45, 2.75) is 4.90 Å². The molecule has 0 aliphatic rings. The van der Waals surface area contributed by atoms with Crippen LogP contribution in [-0.4, -0.2) is 56.1 Å². The van der Waals surface area contributed by atoms with Crippen molar-refractivity contribution in [1.82, 2.24) is 14.5 Å². The molecule has 11 heteroatoms. The number of aromatic nitrogens is 2. The molecule has 0 radical (unpaired) electrons. The van der Waals surface area contributed by atoms with Crippen molar-refractivity contribution in [1.29, 1.82) is 0 Å². The van der Waals surface area contributed by atoms with E-state index in [1.54, 1.807) is 18.2 Å². The Bertz CT molecular complexity index is 1280. The second-order valence-corrected chi connectivity index (χ2v) is 8.80. The van der Waals surface area contributed by atoms with E-state index in [1.165, 1.54) is 54.9 Å². The molecule has 3 rings (SSSR count). The largest absolute Gasteiger partial charge is 0.493 e. The first-order valence-corrected chi connectivity index (χ1v) is 11.5. The highest BCUT2D eigenvalue weighted by Crippen LogP contribution is 2.32. The average Bonchev–Trinajstić information content (AvgIpc) is 3.31. The summed E-state index contributed by atoms with van der Waals surface area (Å²) in [5.74, 6) is 0.656. The first kappa shape index (κ1) is 24.7. The standard InChI is InChI=1S/C23H24N4O6S/c1-5-13-27(14-6-2)34(29,30)18-10-7-16(8-11-18)21(28)24-23-26-25-22(33-23)17-9-12-19(31-3)20(15-17)32-4/h5-12,15H,1-2,13-14H2,3-4H3,(H,24,26,28). The van der Waals surface area contributed by atoms with Crippen molar-refractivity contribution in [2.24, 2.45) is 0 Å². The van der Waals surface area contributed by atoms with Crippen LogP contribution in [0.4, 0.5) is 6.01 Å². The fraction of sp³-hybridized carbons (Fsp3) is 0.174. The maximum Gasteiger partial charge on any atom is 0.322 e. The highest BCUT2D eigenvalue weighted by atomic mass is 32.2. The molecule has 0 atom stereocenters. The minimum Gasteiger partial charge on any atom is -0.493 e. The Labute approximate surface area is 197 Å². The summed E-state index contributed by atoms with van der Waals surface area (Å²) >= 11 is 0. The quantitative estimate of drug-likeness (QED) is 0.411. The molecule has 10 nitrogen and oxygen atoms in total. The highest BCUT2D eigenvalue weighted by molar-refractivity contribution is 7.89. The van der Waals surface area contributed by atoms with Gasteiger partial charge in [0, 0.05) is 24.2 Å². The third-order valence-electron chi connectivity index (χ3n) is 4.70. The van der Waals surface area contributed by atoms with Crippen LogP contribution >= 0.6 is 0 Å². The molecule has 0 aliphatic carbocycles. The molecule has 1 heterocycles. The monoisotopic (exact) mass is 484 g/mol. The van der Waals surface area contributed by atoms with Crippen LogP contribution < -0.4 is 14.8 Å². The fourth-order valence-corrected chi connectivity index (χ4v) is 4.40. The number of ether oxygens (including phenoxy) is 2. The molecule has 0 unspecified atom stereocenters. The van der Waals surface area contributed by atoms with Crippen LogP contribution in [0.25, 0.3) is 11.5 Å². The number of methoxy groups -OCH3 is 2. The van der Waals surface area contributed by atoms with Gasteiger partial charge in [-0.15, -0.1) is 18.3 Å². The Balaban J connectivity index is 1.74. The molecule has 178 valence electrons. The number of carbonyl (C=O) groups excluding carboxylic acids is 1. The lowest BCUT2D eigenvalue weighted by atomic mass is 10.2. The summed E-state index contributed by atoms with van der Waals surface area (Å²) in [7, 11) is -0.732. The van der Waals surface area contributed by atoms with E-state index in [0.29, 0.717) is 17.1 Å². The Morgan fingerprint density at radius 3 is 2.26 bits per heavy atom. The minimum absolute atomic E-state index is 0.0429. The van der Waals surface area contributed by atoms with E-state index < -0.39 is 15.9 Å². The van der Waals surface area contributed by atoms with Gasteiger partial charge in [-0.3, -0.25) is 10.1 Å². The van der Waals surface area contributed by atoms with Gasteiger partial charge >= 0.3 is 6.01 Å². The number of nitrogens with zero attached hydrogens (tertiary/aromatic N) is 3. The smallest absolute Gasteiger partial charge is 0.322 e. The van der Waals surface area contributed by atoms with Crippen LogP contribution in [0.5, 0.6) is 11.5 Å². The minimum atomic E-state index is -3.77. The van der Waals surface area contributed by atoms with Gasteiger partial charge in [-0.05, 0) is 42.5 Å². The van der Waals surface area contributed by atoms with E-state index in [9.17, 15) is 13.2 Å². The van der Waals surface area contributed by atoms with Crippen LogP contribution in [0, 0.1) is 0 Å². The van der Waals surface area contributed by atoms with Gasteiger partial charge in [0.1, 0.15) is 0 Å². The Kier molecular flexibility index (Phi) is 7.82. The molecule has 0 saturated heterocycles. The normalized spacial score (nSPS) is 11.1. The van der Waals surface area contributed by atoms with Crippen LogP contribution in [0.2, 0.25) is 0 Å². The third kappa shape index (κ3) is 5.33. The SMILES string of the molecule is C=CCN(CC=C)S(=O)(=O)c1ccc(C(=O)Nc2nnc(-c3ccc(OC)c(OC)c3)o2)cc1. The first-order valence-electron chi connectivity index (χ1n) is 10.0. The number of benzene rings is 2. The second kappa shape index (κ2) is 10.8. The molecule has 0 aliphatic heterocycles. The lowest BCUT2D eigenvalue weighted by Crippen LogP contribution is -2.31. The van der Waals surface area contributed by atoms with Gasteiger partial charge < -0.3 is 13.9 Å². The lowest BCUT2D eigenvalue weighted by molar-refractivity contribution is 0.102. The molecule has 3 aromatic rings. The summed E-state index contributed by atoms with van der Waals surface area (Å²) in [5, 5.41) is 10.3. The van der Waals surface area contributed by atoms with E-state index in [-0.39, 0.29) is 35.5 Å². The van der Waals surface area contributed by atoms with Crippen LogP contribution in [-0.2, 0) is 10.0 Å². The van der Waals surface area contributed by atoms with Gasteiger partial charge in [-0.1, -0.05) is 17.3 Å². The van der Waals surface area contributed by atoms with Gasteiger partial charge in [0.25, 0.3) is 5.91 Å². The zero-order valence-electron chi connectivity index (χ0n) is 18.7. The molecule has 1 N–H and O–H groups in total. The second-order valence-electron chi connectivity index (χ2n) is 6.86. The average molecular weight is 485 g/mol. The van der Waals surface area contributed by atoms with Crippen molar-refractivity contribution in [3.63, 3.8) is 0 Å². The van der Waals surface area contributed by atoms with Crippen LogP contribution in [0.15, 0.2) is 77.1 Å². The number of amides is 1. The van der Waals surface area contributed by atoms with Gasteiger partial charge in [-0.2, -0.15) is 4.31 Å². The number of rotatable bonds is 11. The van der Waals surface area contributed by atoms with E-state index in [4.69, 9.17) is 13.9 Å². The predicted molar refractivity (Wildman–Crippen MR) is 126 cm³/mol. The number of anilines is 1. The number of sulfonamides is 1. The molecule has 0 bridgehead atoms. The summed E-state index contributed by atoms with van der Waals surface area (Å²) in [4.78, 5) is 12.6. The van der Waals surface area contributed by atoms with Gasteiger partial charge in [0.15, 0.2) is 11.5 Å². The lowest BCUT2D eigenvalue weighted by Gasteiger charge is -2.19. The van der Waals surface area contributed by atoms with E-state index in [1.807, 2.05) is 0 Å². The molecule has 1 amide bonds. The van der Waals surface area contributed by atoms with Crippen molar-refractivity contribution < 1.29 is 27.1 Å². The van der Waals surface area contributed by atoms with E-state index in [2.05, 4.69) is 28.7 Å². The van der Waals surface area contributed by atoms with E-state index >= 15 is 0 Å². The molecule has 0 spiro atoms. The molecule has 1 aromatic heterocycles. The molecule has 2 aromatic carbocycles. The van der Waals surface area contributed by atoms with Crippen molar-refractivity contribution in [2.75, 3.05) is 32.6 Å². The fourth-order valence-electron chi connectivity index (χ4n) is 3.02. The molecule has 0 fully saturated rings. The molecule has 34 heavy (non-hydrogen) atoms. The van der Waals surface area contributed by atoms with Crippen molar-refractivity contribution >= 4 is 21.9 Å². The maximum absolute atomic E-state index is 12.8. The van der Waals surface area contributed by atoms with Gasteiger partial charge in [0.2, 0.25) is 15.9 Å². The van der Waals surface area contributed by atoms with E-state index in [0.717, 1.165) is 0 Å². The summed E-state index contributed by atoms with van der Waals surface area (Å²) in [6, 6.07) is 10.5. The molecular formula is C23H24N4O6S. The number of nitrogens with one attached hydrogen (secondary N) is 1. The topological polar surface area (TPSA) is 124 Å².